The van der Waals surface area contributed by atoms with Crippen molar-refractivity contribution in [1.82, 2.24) is 5.32 Å². The van der Waals surface area contributed by atoms with Gasteiger partial charge in [-0.3, -0.25) is 0 Å². The van der Waals surface area contributed by atoms with E-state index in [1.165, 1.54) is 6.07 Å². The molecule has 0 aromatic heterocycles. The van der Waals surface area contributed by atoms with Crippen LogP contribution in [-0.2, 0) is 11.2 Å². The van der Waals surface area contributed by atoms with Crippen LogP contribution >= 0.6 is 0 Å². The van der Waals surface area contributed by atoms with Crippen molar-refractivity contribution in [3.05, 3.63) is 35.1 Å². The van der Waals surface area contributed by atoms with Crippen molar-refractivity contribution >= 4 is 0 Å². The van der Waals surface area contributed by atoms with E-state index in [1.54, 1.807) is 6.07 Å². The standard InChI is InChI=1S/C13H18FNO/c1-2-7-15-9-13-11-4-3-5-12(14)10(11)6-8-16-13/h3-5,13,15H,2,6-9H2,1H3/t13-/m0/s1. The molecule has 1 atom stereocenters. The average molecular weight is 223 g/mol. The molecule has 0 amide bonds. The smallest absolute Gasteiger partial charge is 0.126 e. The van der Waals surface area contributed by atoms with Crippen LogP contribution in [0.2, 0.25) is 0 Å². The Bertz CT molecular complexity index is 354. The van der Waals surface area contributed by atoms with Gasteiger partial charge in [-0.05, 0) is 36.6 Å². The molecule has 1 aromatic carbocycles. The number of hydrogen-bond donors (Lipinski definition) is 1. The van der Waals surface area contributed by atoms with E-state index in [0.29, 0.717) is 13.0 Å². The van der Waals surface area contributed by atoms with Crippen molar-refractivity contribution in [1.29, 1.82) is 0 Å². The molecule has 0 unspecified atom stereocenters. The van der Waals surface area contributed by atoms with Crippen LogP contribution < -0.4 is 5.32 Å². The number of hydrogen-bond acceptors (Lipinski definition) is 2. The van der Waals surface area contributed by atoms with E-state index in [1.807, 2.05) is 6.07 Å². The minimum absolute atomic E-state index is 0.00556. The molecule has 1 heterocycles. The van der Waals surface area contributed by atoms with Gasteiger partial charge < -0.3 is 10.1 Å². The Kier molecular flexibility index (Phi) is 3.91. The fraction of sp³-hybridized carbons (Fsp3) is 0.538. The number of rotatable bonds is 4. The summed E-state index contributed by atoms with van der Waals surface area (Å²) in [7, 11) is 0. The van der Waals surface area contributed by atoms with Gasteiger partial charge >= 0.3 is 0 Å². The maximum atomic E-state index is 13.6. The number of benzene rings is 1. The van der Waals surface area contributed by atoms with E-state index in [-0.39, 0.29) is 11.9 Å². The molecule has 1 aromatic rings. The Morgan fingerprint density at radius 2 is 2.38 bits per heavy atom. The van der Waals surface area contributed by atoms with Crippen LogP contribution in [0.3, 0.4) is 0 Å². The Labute approximate surface area is 95.8 Å². The molecule has 0 saturated carbocycles. The molecule has 88 valence electrons. The second kappa shape index (κ2) is 5.41. The van der Waals surface area contributed by atoms with Crippen LogP contribution in [0.5, 0.6) is 0 Å². The molecular weight excluding hydrogens is 205 g/mol. The van der Waals surface area contributed by atoms with Crippen molar-refractivity contribution in [3.63, 3.8) is 0 Å². The number of ether oxygens (including phenoxy) is 1. The van der Waals surface area contributed by atoms with E-state index in [2.05, 4.69) is 12.2 Å². The molecule has 0 radical (unpaired) electrons. The third kappa shape index (κ3) is 2.42. The highest BCUT2D eigenvalue weighted by Crippen LogP contribution is 2.28. The molecule has 1 N–H and O–H groups in total. The summed E-state index contributed by atoms with van der Waals surface area (Å²) in [5.74, 6) is -0.0960. The Morgan fingerprint density at radius 1 is 1.50 bits per heavy atom. The summed E-state index contributed by atoms with van der Waals surface area (Å²) < 4.78 is 19.2. The van der Waals surface area contributed by atoms with Crippen LogP contribution in [-0.4, -0.2) is 19.7 Å². The Morgan fingerprint density at radius 3 is 3.19 bits per heavy atom. The van der Waals surface area contributed by atoms with Gasteiger partial charge in [0, 0.05) is 6.54 Å². The van der Waals surface area contributed by atoms with Crippen molar-refractivity contribution in [2.24, 2.45) is 0 Å². The lowest BCUT2D eigenvalue weighted by Crippen LogP contribution is -2.28. The van der Waals surface area contributed by atoms with E-state index < -0.39 is 0 Å². The van der Waals surface area contributed by atoms with Crippen molar-refractivity contribution in [2.45, 2.75) is 25.9 Å². The van der Waals surface area contributed by atoms with Gasteiger partial charge in [-0.15, -0.1) is 0 Å². The molecule has 0 spiro atoms. The van der Waals surface area contributed by atoms with Crippen molar-refractivity contribution in [2.75, 3.05) is 19.7 Å². The second-order valence-corrected chi connectivity index (χ2v) is 4.12. The minimum atomic E-state index is -0.0960. The molecule has 0 saturated heterocycles. The van der Waals surface area contributed by atoms with Crippen LogP contribution in [0.25, 0.3) is 0 Å². The summed E-state index contributed by atoms with van der Waals surface area (Å²) in [4.78, 5) is 0. The molecule has 16 heavy (non-hydrogen) atoms. The first-order valence-electron chi connectivity index (χ1n) is 5.92. The topological polar surface area (TPSA) is 21.3 Å². The molecule has 0 bridgehead atoms. The zero-order valence-corrected chi connectivity index (χ0v) is 9.63. The van der Waals surface area contributed by atoms with Gasteiger partial charge in [0.25, 0.3) is 0 Å². The van der Waals surface area contributed by atoms with Crippen LogP contribution in [0, 0.1) is 5.82 Å². The summed E-state index contributed by atoms with van der Waals surface area (Å²) in [6, 6.07) is 5.26. The lowest BCUT2D eigenvalue weighted by atomic mass is 9.97. The highest BCUT2D eigenvalue weighted by molar-refractivity contribution is 5.32. The fourth-order valence-electron chi connectivity index (χ4n) is 2.11. The molecule has 1 aliphatic rings. The maximum absolute atomic E-state index is 13.6. The van der Waals surface area contributed by atoms with Gasteiger partial charge in [-0.25, -0.2) is 4.39 Å². The van der Waals surface area contributed by atoms with Crippen molar-refractivity contribution < 1.29 is 9.13 Å². The largest absolute Gasteiger partial charge is 0.372 e. The van der Waals surface area contributed by atoms with Crippen LogP contribution in [0.4, 0.5) is 4.39 Å². The third-order valence-corrected chi connectivity index (χ3v) is 2.93. The number of fused-ring (bicyclic) bond motifs is 1. The monoisotopic (exact) mass is 223 g/mol. The van der Waals surface area contributed by atoms with Gasteiger partial charge in [0.1, 0.15) is 5.82 Å². The van der Waals surface area contributed by atoms with Gasteiger partial charge in [-0.2, -0.15) is 0 Å². The van der Waals surface area contributed by atoms with E-state index in [0.717, 1.165) is 30.6 Å². The summed E-state index contributed by atoms with van der Waals surface area (Å²) in [5, 5.41) is 3.32. The van der Waals surface area contributed by atoms with Crippen molar-refractivity contribution in [3.8, 4) is 0 Å². The predicted octanol–water partition coefficient (Wildman–Crippen LogP) is 2.44. The lowest BCUT2D eigenvalue weighted by Gasteiger charge is -2.26. The number of nitrogens with one attached hydrogen (secondary N) is 1. The van der Waals surface area contributed by atoms with E-state index >= 15 is 0 Å². The molecule has 0 fully saturated rings. The molecule has 1 aliphatic heterocycles. The van der Waals surface area contributed by atoms with Crippen LogP contribution in [0.1, 0.15) is 30.6 Å². The Hall–Kier alpha value is -0.930. The fourth-order valence-corrected chi connectivity index (χ4v) is 2.11. The maximum Gasteiger partial charge on any atom is 0.126 e. The van der Waals surface area contributed by atoms with Crippen LogP contribution in [0.15, 0.2) is 18.2 Å². The summed E-state index contributed by atoms with van der Waals surface area (Å²) in [6.07, 6.45) is 1.79. The molecule has 2 nitrogen and oxygen atoms in total. The van der Waals surface area contributed by atoms with Gasteiger partial charge in [0.2, 0.25) is 0 Å². The summed E-state index contributed by atoms with van der Waals surface area (Å²) in [5.41, 5.74) is 1.84. The second-order valence-electron chi connectivity index (χ2n) is 4.12. The van der Waals surface area contributed by atoms with Gasteiger partial charge in [-0.1, -0.05) is 19.1 Å². The molecule has 3 heteroatoms. The normalized spacial score (nSPS) is 19.5. The Balaban J connectivity index is 2.10. The van der Waals surface area contributed by atoms with E-state index in [4.69, 9.17) is 4.74 Å². The SMILES string of the molecule is CCCNC[C@@H]1OCCc2c(F)cccc21. The third-order valence-electron chi connectivity index (χ3n) is 2.93. The molecule has 0 aliphatic carbocycles. The zero-order valence-electron chi connectivity index (χ0n) is 9.63. The van der Waals surface area contributed by atoms with Gasteiger partial charge in [0.15, 0.2) is 0 Å². The molecular formula is C13H18FNO. The summed E-state index contributed by atoms with van der Waals surface area (Å²) in [6.45, 7) is 4.49. The summed E-state index contributed by atoms with van der Waals surface area (Å²) >= 11 is 0. The predicted molar refractivity (Wildman–Crippen MR) is 62.0 cm³/mol. The molecule has 2 rings (SSSR count). The number of halogens is 1. The average Bonchev–Trinajstić information content (AvgIpc) is 2.31. The zero-order chi connectivity index (χ0) is 11.4. The first-order chi connectivity index (χ1) is 7.83. The van der Waals surface area contributed by atoms with Gasteiger partial charge in [0.05, 0.1) is 12.7 Å². The quantitative estimate of drug-likeness (QED) is 0.792. The lowest BCUT2D eigenvalue weighted by molar-refractivity contribution is 0.0416. The van der Waals surface area contributed by atoms with E-state index in [9.17, 15) is 4.39 Å². The highest BCUT2D eigenvalue weighted by Gasteiger charge is 2.22. The minimum Gasteiger partial charge on any atom is -0.372 e. The first kappa shape index (κ1) is 11.6. The first-order valence-corrected chi connectivity index (χ1v) is 5.92. The highest BCUT2D eigenvalue weighted by atomic mass is 19.1.